The zero-order chi connectivity index (χ0) is 13.5. The van der Waals surface area contributed by atoms with Gasteiger partial charge in [-0.3, -0.25) is 0 Å². The van der Waals surface area contributed by atoms with Crippen molar-refractivity contribution in [3.63, 3.8) is 0 Å². The van der Waals surface area contributed by atoms with E-state index in [0.717, 1.165) is 12.8 Å². The molecule has 2 nitrogen and oxygen atoms in total. The predicted molar refractivity (Wildman–Crippen MR) is 72.9 cm³/mol. The fourth-order valence-electron chi connectivity index (χ4n) is 1.66. The Kier molecular flexibility index (Phi) is 7.17. The van der Waals surface area contributed by atoms with E-state index in [9.17, 15) is 4.79 Å². The van der Waals surface area contributed by atoms with Gasteiger partial charge in [0.15, 0.2) is 0 Å². The fourth-order valence-corrected chi connectivity index (χ4v) is 1.66. The van der Waals surface area contributed by atoms with Crippen LogP contribution in [0.5, 0.6) is 0 Å². The third kappa shape index (κ3) is 7.19. The van der Waals surface area contributed by atoms with Crippen LogP contribution in [0.4, 0.5) is 0 Å². The first-order valence-corrected chi connectivity index (χ1v) is 6.65. The van der Waals surface area contributed by atoms with Crippen LogP contribution in [0, 0.1) is 5.41 Å². The van der Waals surface area contributed by atoms with E-state index >= 15 is 0 Å². The van der Waals surface area contributed by atoms with Gasteiger partial charge >= 0.3 is 5.97 Å². The van der Waals surface area contributed by atoms with Gasteiger partial charge in [0.05, 0.1) is 0 Å². The fraction of sp³-hybridized carbons (Fsp3) is 0.800. The number of hydrogen-bond acceptors (Lipinski definition) is 2. The van der Waals surface area contributed by atoms with Crippen molar-refractivity contribution in [1.29, 1.82) is 0 Å². The summed E-state index contributed by atoms with van der Waals surface area (Å²) < 4.78 is 5.52. The van der Waals surface area contributed by atoms with Gasteiger partial charge in [-0.15, -0.1) is 0 Å². The molecule has 0 bridgehead atoms. The summed E-state index contributed by atoms with van der Waals surface area (Å²) in [6.45, 7) is 13.9. The van der Waals surface area contributed by atoms with Gasteiger partial charge < -0.3 is 4.74 Å². The average Bonchev–Trinajstić information content (AvgIpc) is 2.20. The van der Waals surface area contributed by atoms with E-state index in [1.165, 1.54) is 19.3 Å². The molecule has 0 radical (unpaired) electrons. The van der Waals surface area contributed by atoms with E-state index in [4.69, 9.17) is 4.74 Å². The molecular formula is C15H28O2. The van der Waals surface area contributed by atoms with Crippen LogP contribution < -0.4 is 0 Å². The molecule has 1 unspecified atom stereocenters. The van der Waals surface area contributed by atoms with Gasteiger partial charge in [-0.05, 0) is 25.2 Å². The minimum atomic E-state index is -0.264. The van der Waals surface area contributed by atoms with Crippen molar-refractivity contribution in [3.05, 3.63) is 12.2 Å². The Balaban J connectivity index is 4.26. The van der Waals surface area contributed by atoms with E-state index in [0.29, 0.717) is 5.57 Å². The van der Waals surface area contributed by atoms with E-state index in [1.54, 1.807) is 6.92 Å². The molecule has 100 valence electrons. The summed E-state index contributed by atoms with van der Waals surface area (Å²) in [5.74, 6) is -0.264. The molecule has 2 heteroatoms. The van der Waals surface area contributed by atoms with Gasteiger partial charge in [-0.2, -0.15) is 0 Å². The monoisotopic (exact) mass is 240 g/mol. The largest absolute Gasteiger partial charge is 0.458 e. The molecule has 0 amide bonds. The van der Waals surface area contributed by atoms with Gasteiger partial charge in [0.1, 0.15) is 6.10 Å². The predicted octanol–water partition coefficient (Wildman–Crippen LogP) is 4.49. The Morgan fingerprint density at radius 2 is 1.82 bits per heavy atom. The lowest BCUT2D eigenvalue weighted by molar-refractivity contribution is -0.150. The first-order valence-electron chi connectivity index (χ1n) is 6.65. The minimum Gasteiger partial charge on any atom is -0.458 e. The van der Waals surface area contributed by atoms with E-state index in [2.05, 4.69) is 34.3 Å². The number of carbonyl (C=O) groups excluding carboxylic acids is 1. The average molecular weight is 240 g/mol. The van der Waals surface area contributed by atoms with Gasteiger partial charge in [0, 0.05) is 5.57 Å². The van der Waals surface area contributed by atoms with Crippen molar-refractivity contribution < 1.29 is 9.53 Å². The number of esters is 1. The first-order chi connectivity index (χ1) is 7.79. The van der Waals surface area contributed by atoms with Crippen LogP contribution in [0.3, 0.4) is 0 Å². The molecular weight excluding hydrogens is 212 g/mol. The van der Waals surface area contributed by atoms with Crippen LogP contribution in [0.1, 0.15) is 66.7 Å². The highest BCUT2D eigenvalue weighted by atomic mass is 16.5. The molecule has 0 aliphatic carbocycles. The van der Waals surface area contributed by atoms with Crippen LogP contribution in [0.15, 0.2) is 12.2 Å². The highest BCUT2D eigenvalue weighted by Crippen LogP contribution is 2.27. The van der Waals surface area contributed by atoms with Crippen LogP contribution in [0.2, 0.25) is 0 Å². The smallest absolute Gasteiger partial charge is 0.333 e. The van der Waals surface area contributed by atoms with E-state index in [1.807, 2.05) is 0 Å². The molecule has 0 saturated heterocycles. The lowest BCUT2D eigenvalue weighted by Crippen LogP contribution is -2.31. The zero-order valence-corrected chi connectivity index (χ0v) is 12.1. The standard InChI is InChI=1S/C15H28O2/c1-7-8-9-10-11-13(15(4,5)6)17-14(16)12(2)3/h13H,2,7-11H2,1,3-6H3. The first kappa shape index (κ1) is 16.2. The lowest BCUT2D eigenvalue weighted by atomic mass is 9.85. The van der Waals surface area contributed by atoms with Gasteiger partial charge in [0.2, 0.25) is 0 Å². The van der Waals surface area contributed by atoms with Crippen molar-refractivity contribution >= 4 is 5.97 Å². The number of carbonyl (C=O) groups is 1. The maximum atomic E-state index is 11.6. The topological polar surface area (TPSA) is 26.3 Å². The summed E-state index contributed by atoms with van der Waals surface area (Å²) in [6.07, 6.45) is 5.76. The normalized spacial score (nSPS) is 13.2. The Hall–Kier alpha value is -0.790. The molecule has 17 heavy (non-hydrogen) atoms. The van der Waals surface area contributed by atoms with Crippen molar-refractivity contribution in [1.82, 2.24) is 0 Å². The summed E-state index contributed by atoms with van der Waals surface area (Å²) >= 11 is 0. The quantitative estimate of drug-likeness (QED) is 0.372. The molecule has 0 aliphatic rings. The molecule has 1 atom stereocenters. The summed E-state index contributed by atoms with van der Waals surface area (Å²) in [5.41, 5.74) is 0.477. The Bertz CT molecular complexity index is 248. The second kappa shape index (κ2) is 7.52. The number of ether oxygens (including phenoxy) is 1. The van der Waals surface area contributed by atoms with Crippen LogP contribution >= 0.6 is 0 Å². The molecule has 0 saturated carbocycles. The molecule has 0 N–H and O–H groups in total. The van der Waals surface area contributed by atoms with E-state index in [-0.39, 0.29) is 17.5 Å². The summed E-state index contributed by atoms with van der Waals surface area (Å²) in [7, 11) is 0. The zero-order valence-electron chi connectivity index (χ0n) is 12.1. The second-order valence-corrected chi connectivity index (χ2v) is 5.89. The molecule has 0 heterocycles. The number of rotatable bonds is 7. The molecule has 0 rings (SSSR count). The van der Waals surface area contributed by atoms with Crippen LogP contribution in [-0.4, -0.2) is 12.1 Å². The lowest BCUT2D eigenvalue weighted by Gasteiger charge is -2.30. The molecule has 0 aliphatic heterocycles. The van der Waals surface area contributed by atoms with E-state index < -0.39 is 0 Å². The Morgan fingerprint density at radius 1 is 1.24 bits per heavy atom. The maximum Gasteiger partial charge on any atom is 0.333 e. The van der Waals surface area contributed by atoms with Gasteiger partial charge in [-0.1, -0.05) is 53.5 Å². The van der Waals surface area contributed by atoms with Crippen LogP contribution in [0.25, 0.3) is 0 Å². The third-order valence-corrected chi connectivity index (χ3v) is 2.88. The molecule has 0 aromatic carbocycles. The second-order valence-electron chi connectivity index (χ2n) is 5.89. The molecule has 0 aromatic heterocycles. The number of hydrogen-bond donors (Lipinski definition) is 0. The summed E-state index contributed by atoms with van der Waals surface area (Å²) in [6, 6.07) is 0. The van der Waals surface area contributed by atoms with Gasteiger partial charge in [-0.25, -0.2) is 4.79 Å². The SMILES string of the molecule is C=C(C)C(=O)OC(CCCCCC)C(C)(C)C. The molecule has 0 spiro atoms. The van der Waals surface area contributed by atoms with Crippen molar-refractivity contribution in [2.24, 2.45) is 5.41 Å². The Morgan fingerprint density at radius 3 is 2.24 bits per heavy atom. The molecule has 0 aromatic rings. The third-order valence-electron chi connectivity index (χ3n) is 2.88. The van der Waals surface area contributed by atoms with Crippen molar-refractivity contribution in [2.75, 3.05) is 0 Å². The van der Waals surface area contributed by atoms with Gasteiger partial charge in [0.25, 0.3) is 0 Å². The minimum absolute atomic E-state index is 0.00265. The highest BCUT2D eigenvalue weighted by Gasteiger charge is 2.27. The molecule has 0 fully saturated rings. The summed E-state index contributed by atoms with van der Waals surface area (Å²) in [5, 5.41) is 0. The van der Waals surface area contributed by atoms with Crippen LogP contribution in [-0.2, 0) is 9.53 Å². The highest BCUT2D eigenvalue weighted by molar-refractivity contribution is 5.87. The summed E-state index contributed by atoms with van der Waals surface area (Å²) in [4.78, 5) is 11.6. The van der Waals surface area contributed by atoms with Crippen molar-refractivity contribution in [3.8, 4) is 0 Å². The maximum absolute atomic E-state index is 11.6. The number of unbranched alkanes of at least 4 members (excludes halogenated alkanes) is 3. The Labute approximate surface area is 106 Å². The van der Waals surface area contributed by atoms with Crippen molar-refractivity contribution in [2.45, 2.75) is 72.8 Å².